The number of benzene rings is 1. The van der Waals surface area contributed by atoms with Crippen molar-refractivity contribution in [3.63, 3.8) is 0 Å². The maximum Gasteiger partial charge on any atom is 0.245 e. The Morgan fingerprint density at radius 2 is 2.04 bits per heavy atom. The molecule has 1 fully saturated rings. The van der Waals surface area contributed by atoms with Crippen molar-refractivity contribution in [3.8, 4) is 0 Å². The Labute approximate surface area is 147 Å². The highest BCUT2D eigenvalue weighted by Crippen LogP contribution is 2.27. The van der Waals surface area contributed by atoms with E-state index in [1.165, 1.54) is 6.08 Å². The lowest BCUT2D eigenvalue weighted by Crippen LogP contribution is -2.45. The van der Waals surface area contributed by atoms with Crippen LogP contribution in [0.25, 0.3) is 0 Å². The van der Waals surface area contributed by atoms with Crippen molar-refractivity contribution in [1.82, 2.24) is 10.2 Å². The normalized spacial score (nSPS) is 17.9. The van der Waals surface area contributed by atoms with Gasteiger partial charge in [0.25, 0.3) is 0 Å². The quantitative estimate of drug-likeness (QED) is 0.799. The summed E-state index contributed by atoms with van der Waals surface area (Å²) in [6, 6.07) is 7.04. The molecule has 130 valence electrons. The van der Waals surface area contributed by atoms with Gasteiger partial charge in [-0.1, -0.05) is 36.4 Å². The van der Waals surface area contributed by atoms with Crippen molar-refractivity contribution in [2.24, 2.45) is 5.92 Å². The first kappa shape index (κ1) is 18.5. The van der Waals surface area contributed by atoms with E-state index in [0.29, 0.717) is 36.5 Å². The molecule has 6 heteroatoms. The number of nitrogens with one attached hydrogen (secondary N) is 1. The van der Waals surface area contributed by atoms with Gasteiger partial charge in [-0.05, 0) is 31.9 Å². The third-order valence-corrected chi connectivity index (χ3v) is 4.74. The molecule has 1 atom stereocenters. The Hall–Kier alpha value is -1.85. The molecule has 2 amide bonds. The van der Waals surface area contributed by atoms with Crippen molar-refractivity contribution in [2.45, 2.75) is 25.4 Å². The highest BCUT2D eigenvalue weighted by atomic mass is 35.5. The number of aliphatic hydroxyl groups is 1. The maximum absolute atomic E-state index is 12.3. The van der Waals surface area contributed by atoms with E-state index in [2.05, 4.69) is 11.9 Å². The fourth-order valence-electron chi connectivity index (χ4n) is 2.89. The summed E-state index contributed by atoms with van der Waals surface area (Å²) < 4.78 is 0. The number of likely N-dealkylation sites (tertiary alicyclic amines) is 1. The van der Waals surface area contributed by atoms with E-state index in [4.69, 9.17) is 11.6 Å². The number of carbonyl (C=O) groups is 2. The Morgan fingerprint density at radius 3 is 2.62 bits per heavy atom. The molecule has 0 aliphatic carbocycles. The van der Waals surface area contributed by atoms with Crippen molar-refractivity contribution in [3.05, 3.63) is 47.5 Å². The van der Waals surface area contributed by atoms with E-state index >= 15 is 0 Å². The molecular formula is C18H23ClN2O3. The summed E-state index contributed by atoms with van der Waals surface area (Å²) in [6.45, 7) is 6.27. The number of nitrogens with zero attached hydrogens (tertiary/aromatic N) is 1. The molecule has 1 saturated heterocycles. The van der Waals surface area contributed by atoms with Gasteiger partial charge in [-0.25, -0.2) is 0 Å². The average molecular weight is 351 g/mol. The van der Waals surface area contributed by atoms with Gasteiger partial charge < -0.3 is 15.3 Å². The minimum Gasteiger partial charge on any atom is -0.384 e. The van der Waals surface area contributed by atoms with Crippen molar-refractivity contribution < 1.29 is 14.7 Å². The predicted molar refractivity (Wildman–Crippen MR) is 93.5 cm³/mol. The largest absolute Gasteiger partial charge is 0.384 e. The number of piperidine rings is 1. The Kier molecular flexibility index (Phi) is 6.02. The molecule has 1 aliphatic heterocycles. The smallest absolute Gasteiger partial charge is 0.245 e. The molecule has 0 aromatic heterocycles. The summed E-state index contributed by atoms with van der Waals surface area (Å²) in [4.78, 5) is 25.6. The van der Waals surface area contributed by atoms with Crippen molar-refractivity contribution >= 4 is 23.4 Å². The van der Waals surface area contributed by atoms with E-state index < -0.39 is 5.60 Å². The minimum absolute atomic E-state index is 0.0847. The van der Waals surface area contributed by atoms with Crippen LogP contribution in [0, 0.1) is 5.92 Å². The first-order chi connectivity index (χ1) is 11.3. The highest BCUT2D eigenvalue weighted by Gasteiger charge is 2.30. The first-order valence-electron chi connectivity index (χ1n) is 8.01. The lowest BCUT2D eigenvalue weighted by atomic mass is 9.93. The standard InChI is InChI=1S/C18H23ClN2O3/c1-3-16(22)21-10-8-13(9-11-21)17(23)20-12-18(2,24)14-6-4-5-7-15(14)19/h3-7,13,24H,1,8-12H2,2H3,(H,20,23). The van der Waals surface area contributed by atoms with Crippen LogP contribution in [-0.2, 0) is 15.2 Å². The summed E-state index contributed by atoms with van der Waals surface area (Å²) >= 11 is 6.11. The zero-order valence-electron chi connectivity index (χ0n) is 13.8. The van der Waals surface area contributed by atoms with E-state index in [9.17, 15) is 14.7 Å². The van der Waals surface area contributed by atoms with Crippen LogP contribution in [0.1, 0.15) is 25.3 Å². The van der Waals surface area contributed by atoms with Crippen LogP contribution in [0.5, 0.6) is 0 Å². The van der Waals surface area contributed by atoms with E-state index in [1.807, 2.05) is 0 Å². The second-order valence-corrected chi connectivity index (χ2v) is 6.68. The predicted octanol–water partition coefficient (Wildman–Crippen LogP) is 2.09. The molecule has 0 radical (unpaired) electrons. The fourth-order valence-corrected chi connectivity index (χ4v) is 3.23. The molecule has 5 nitrogen and oxygen atoms in total. The third-order valence-electron chi connectivity index (χ3n) is 4.41. The van der Waals surface area contributed by atoms with E-state index in [0.717, 1.165) is 0 Å². The molecule has 0 saturated carbocycles. The fraction of sp³-hybridized carbons (Fsp3) is 0.444. The van der Waals surface area contributed by atoms with Crippen LogP contribution in [0.3, 0.4) is 0 Å². The van der Waals surface area contributed by atoms with Crippen molar-refractivity contribution in [2.75, 3.05) is 19.6 Å². The topological polar surface area (TPSA) is 69.6 Å². The van der Waals surface area contributed by atoms with Crippen LogP contribution >= 0.6 is 11.6 Å². The Balaban J connectivity index is 1.88. The summed E-state index contributed by atoms with van der Waals surface area (Å²) in [7, 11) is 0. The van der Waals surface area contributed by atoms with Gasteiger partial charge in [0.1, 0.15) is 5.60 Å². The third kappa shape index (κ3) is 4.36. The summed E-state index contributed by atoms with van der Waals surface area (Å²) in [5.41, 5.74) is -0.661. The van der Waals surface area contributed by atoms with Gasteiger partial charge in [-0.3, -0.25) is 9.59 Å². The van der Waals surface area contributed by atoms with Gasteiger partial charge in [0, 0.05) is 29.6 Å². The van der Waals surface area contributed by atoms with Crippen LogP contribution in [0.4, 0.5) is 0 Å². The first-order valence-corrected chi connectivity index (χ1v) is 8.39. The molecule has 2 N–H and O–H groups in total. The van der Waals surface area contributed by atoms with Crippen LogP contribution in [0.15, 0.2) is 36.9 Å². The number of halogens is 1. The number of hydrogen-bond donors (Lipinski definition) is 2. The Bertz CT molecular complexity index is 622. The molecular weight excluding hydrogens is 328 g/mol. The molecule has 1 aliphatic rings. The number of rotatable bonds is 5. The van der Waals surface area contributed by atoms with Gasteiger partial charge >= 0.3 is 0 Å². The molecule has 1 aromatic carbocycles. The SMILES string of the molecule is C=CC(=O)N1CCC(C(=O)NCC(C)(O)c2ccccc2Cl)CC1. The molecule has 1 unspecified atom stereocenters. The van der Waals surface area contributed by atoms with E-state index in [1.54, 1.807) is 36.1 Å². The second kappa shape index (κ2) is 7.81. The summed E-state index contributed by atoms with van der Waals surface area (Å²) in [5.74, 6) is -0.357. The molecule has 1 aromatic rings. The summed E-state index contributed by atoms with van der Waals surface area (Å²) in [6.07, 6.45) is 2.51. The molecule has 2 rings (SSSR count). The van der Waals surface area contributed by atoms with Crippen LogP contribution in [-0.4, -0.2) is 41.5 Å². The molecule has 24 heavy (non-hydrogen) atoms. The lowest BCUT2D eigenvalue weighted by Gasteiger charge is -2.31. The maximum atomic E-state index is 12.3. The number of amides is 2. The van der Waals surface area contributed by atoms with Crippen molar-refractivity contribution in [1.29, 1.82) is 0 Å². The second-order valence-electron chi connectivity index (χ2n) is 6.28. The Morgan fingerprint density at radius 1 is 1.42 bits per heavy atom. The molecule has 1 heterocycles. The van der Waals surface area contributed by atoms with Gasteiger partial charge in [0.15, 0.2) is 0 Å². The average Bonchev–Trinajstić information content (AvgIpc) is 2.59. The van der Waals surface area contributed by atoms with Gasteiger partial charge in [0.2, 0.25) is 11.8 Å². The van der Waals surface area contributed by atoms with Gasteiger partial charge in [-0.2, -0.15) is 0 Å². The number of hydrogen-bond acceptors (Lipinski definition) is 3. The van der Waals surface area contributed by atoms with Crippen LogP contribution in [0.2, 0.25) is 5.02 Å². The summed E-state index contributed by atoms with van der Waals surface area (Å²) in [5, 5.41) is 13.9. The number of carbonyl (C=O) groups excluding carboxylic acids is 2. The van der Waals surface area contributed by atoms with E-state index in [-0.39, 0.29) is 24.3 Å². The molecule has 0 bridgehead atoms. The van der Waals surface area contributed by atoms with Gasteiger partial charge in [0.05, 0.1) is 6.54 Å². The molecule has 0 spiro atoms. The van der Waals surface area contributed by atoms with Gasteiger partial charge in [-0.15, -0.1) is 0 Å². The minimum atomic E-state index is -1.24. The lowest BCUT2D eigenvalue weighted by molar-refractivity contribution is -0.132. The zero-order chi connectivity index (χ0) is 17.7. The highest BCUT2D eigenvalue weighted by molar-refractivity contribution is 6.31. The monoisotopic (exact) mass is 350 g/mol. The van der Waals surface area contributed by atoms with Crippen LogP contribution < -0.4 is 5.32 Å². The zero-order valence-corrected chi connectivity index (χ0v) is 14.6.